The van der Waals surface area contributed by atoms with E-state index < -0.39 is 29.5 Å². The van der Waals surface area contributed by atoms with Gasteiger partial charge in [-0.3, -0.25) is 4.79 Å². The number of alkyl halides is 2. The van der Waals surface area contributed by atoms with Gasteiger partial charge in [-0.05, 0) is 38.5 Å². The first-order valence-electron chi connectivity index (χ1n) is 8.57. The molecule has 1 aliphatic carbocycles. The highest BCUT2D eigenvalue weighted by atomic mass is 19.3. The lowest BCUT2D eigenvalue weighted by Gasteiger charge is -2.24. The van der Waals surface area contributed by atoms with Gasteiger partial charge in [0.25, 0.3) is 11.8 Å². The Bertz CT molecular complexity index is 954. The topological polar surface area (TPSA) is 59.8 Å². The molecule has 2 heterocycles. The van der Waals surface area contributed by atoms with Crippen LogP contribution in [0.3, 0.4) is 0 Å². The van der Waals surface area contributed by atoms with Gasteiger partial charge in [0.05, 0.1) is 11.8 Å². The molecule has 1 aliphatic heterocycles. The zero-order chi connectivity index (χ0) is 18.8. The minimum absolute atomic E-state index is 0.0786. The number of nitrogens with zero attached hydrogens (tertiary/aromatic N) is 1. The van der Waals surface area contributed by atoms with E-state index in [0.717, 1.165) is 10.9 Å². The molecule has 3 atom stereocenters. The third-order valence-corrected chi connectivity index (χ3v) is 5.60. The van der Waals surface area contributed by atoms with Crippen LogP contribution in [0.1, 0.15) is 18.1 Å². The van der Waals surface area contributed by atoms with Crippen LogP contribution < -0.4 is 10.4 Å². The molecule has 0 radical (unpaired) electrons. The standard InChI is InChI=1S/C19H19F2NO4/c1-9-10(2)18(24)26-16-6-12(4-5-13(9)16)25-11(3)17(23)22-7-14-15(8-22)19(14,20)21/h4-6,11,14-15H,7-8H2,1-3H3. The van der Waals surface area contributed by atoms with Gasteiger partial charge in [-0.2, -0.15) is 0 Å². The summed E-state index contributed by atoms with van der Waals surface area (Å²) in [4.78, 5) is 25.7. The molecule has 0 spiro atoms. The van der Waals surface area contributed by atoms with E-state index in [1.807, 2.05) is 6.92 Å². The molecule has 5 nitrogen and oxygen atoms in total. The quantitative estimate of drug-likeness (QED) is 0.787. The van der Waals surface area contributed by atoms with Crippen molar-refractivity contribution in [3.05, 3.63) is 39.7 Å². The van der Waals surface area contributed by atoms with Crippen LogP contribution in [-0.4, -0.2) is 35.9 Å². The Labute approximate surface area is 148 Å². The summed E-state index contributed by atoms with van der Waals surface area (Å²) in [5.41, 5.74) is 1.37. The molecule has 1 aromatic carbocycles. The highest BCUT2D eigenvalue weighted by Crippen LogP contribution is 2.59. The van der Waals surface area contributed by atoms with E-state index in [1.165, 1.54) is 4.90 Å². The van der Waals surface area contributed by atoms with Crippen molar-refractivity contribution in [2.24, 2.45) is 11.8 Å². The van der Waals surface area contributed by atoms with Crippen LogP contribution in [0, 0.1) is 25.7 Å². The van der Waals surface area contributed by atoms with E-state index in [2.05, 4.69) is 0 Å². The fourth-order valence-electron chi connectivity index (χ4n) is 3.70. The van der Waals surface area contributed by atoms with Crippen LogP contribution in [0.25, 0.3) is 11.0 Å². The molecule has 2 aliphatic rings. The van der Waals surface area contributed by atoms with Crippen LogP contribution in [-0.2, 0) is 4.79 Å². The first-order valence-corrected chi connectivity index (χ1v) is 8.57. The maximum absolute atomic E-state index is 13.3. The molecule has 2 aromatic rings. The molecule has 7 heteroatoms. The van der Waals surface area contributed by atoms with Crippen LogP contribution in [0.2, 0.25) is 0 Å². The number of aryl methyl sites for hydroxylation is 1. The molecule has 0 bridgehead atoms. The number of fused-ring (bicyclic) bond motifs is 2. The second kappa shape index (κ2) is 5.53. The average molecular weight is 363 g/mol. The molecule has 2 fully saturated rings. The number of hydrogen-bond donors (Lipinski definition) is 0. The molecular weight excluding hydrogens is 344 g/mol. The number of benzene rings is 1. The predicted molar refractivity (Wildman–Crippen MR) is 90.6 cm³/mol. The van der Waals surface area contributed by atoms with E-state index in [4.69, 9.17) is 9.15 Å². The smallest absolute Gasteiger partial charge is 0.339 e. The van der Waals surface area contributed by atoms with Crippen molar-refractivity contribution in [1.82, 2.24) is 4.90 Å². The van der Waals surface area contributed by atoms with Crippen LogP contribution >= 0.6 is 0 Å². The van der Waals surface area contributed by atoms with E-state index in [9.17, 15) is 18.4 Å². The molecule has 26 heavy (non-hydrogen) atoms. The third kappa shape index (κ3) is 2.48. The Kier molecular flexibility index (Phi) is 3.61. The van der Waals surface area contributed by atoms with Gasteiger partial charge < -0.3 is 14.1 Å². The summed E-state index contributed by atoms with van der Waals surface area (Å²) >= 11 is 0. The van der Waals surface area contributed by atoms with Gasteiger partial charge in [0.2, 0.25) is 0 Å². The van der Waals surface area contributed by atoms with Gasteiger partial charge in [0, 0.05) is 30.1 Å². The summed E-state index contributed by atoms with van der Waals surface area (Å²) in [6.45, 7) is 5.29. The van der Waals surface area contributed by atoms with Gasteiger partial charge in [-0.1, -0.05) is 0 Å². The minimum atomic E-state index is -2.62. The number of likely N-dealkylation sites (tertiary alicyclic amines) is 1. The number of halogens is 2. The lowest BCUT2D eigenvalue weighted by molar-refractivity contribution is -0.138. The fourth-order valence-corrected chi connectivity index (χ4v) is 3.70. The van der Waals surface area contributed by atoms with Crippen LogP contribution in [0.5, 0.6) is 5.75 Å². The van der Waals surface area contributed by atoms with Crippen molar-refractivity contribution < 1.29 is 22.7 Å². The number of piperidine rings is 1. The molecular formula is C19H19F2NO4. The predicted octanol–water partition coefficient (Wildman–Crippen LogP) is 2.90. The van der Waals surface area contributed by atoms with E-state index in [0.29, 0.717) is 16.9 Å². The molecule has 1 aromatic heterocycles. The highest BCUT2D eigenvalue weighted by Gasteiger charge is 2.72. The Hall–Kier alpha value is -2.44. The normalized spacial score (nSPS) is 24.4. The Morgan fingerprint density at radius 1 is 1.27 bits per heavy atom. The van der Waals surface area contributed by atoms with E-state index in [-0.39, 0.29) is 19.0 Å². The Balaban J connectivity index is 1.49. The zero-order valence-corrected chi connectivity index (χ0v) is 14.7. The number of rotatable bonds is 3. The summed E-state index contributed by atoms with van der Waals surface area (Å²) in [6.07, 6.45) is -0.808. The second-order valence-electron chi connectivity index (χ2n) is 7.19. The lowest BCUT2D eigenvalue weighted by Crippen LogP contribution is -2.41. The van der Waals surface area contributed by atoms with Gasteiger partial charge >= 0.3 is 5.63 Å². The van der Waals surface area contributed by atoms with Crippen molar-refractivity contribution in [1.29, 1.82) is 0 Å². The van der Waals surface area contributed by atoms with Crippen molar-refractivity contribution in [2.75, 3.05) is 13.1 Å². The summed E-state index contributed by atoms with van der Waals surface area (Å²) in [5, 5.41) is 0.801. The van der Waals surface area contributed by atoms with Crippen LogP contribution in [0.4, 0.5) is 8.78 Å². The maximum atomic E-state index is 13.3. The van der Waals surface area contributed by atoms with Crippen molar-refractivity contribution in [3.63, 3.8) is 0 Å². The SMILES string of the molecule is Cc1c(C)c2ccc(OC(C)C(=O)N3CC4C(C3)C4(F)F)cc2oc1=O. The third-order valence-electron chi connectivity index (χ3n) is 5.60. The van der Waals surface area contributed by atoms with E-state index in [1.54, 1.807) is 32.0 Å². The first-order chi connectivity index (χ1) is 12.2. The number of carbonyl (C=O) groups excluding carboxylic acids is 1. The lowest BCUT2D eigenvalue weighted by atomic mass is 10.1. The van der Waals surface area contributed by atoms with Crippen molar-refractivity contribution in [2.45, 2.75) is 32.8 Å². The molecule has 4 rings (SSSR count). The Morgan fingerprint density at radius 3 is 2.58 bits per heavy atom. The van der Waals surface area contributed by atoms with Crippen molar-refractivity contribution in [3.8, 4) is 5.75 Å². The molecule has 138 valence electrons. The summed E-state index contributed by atoms with van der Waals surface area (Å²) in [5.74, 6) is -3.96. The molecule has 3 unspecified atom stereocenters. The zero-order valence-electron chi connectivity index (χ0n) is 14.7. The highest BCUT2D eigenvalue weighted by molar-refractivity contribution is 5.83. The number of carbonyl (C=O) groups is 1. The molecule has 1 amide bonds. The van der Waals surface area contributed by atoms with Gasteiger partial charge in [0.1, 0.15) is 11.3 Å². The second-order valence-corrected chi connectivity index (χ2v) is 7.19. The molecule has 0 N–H and O–H groups in total. The number of ether oxygens (including phenoxy) is 1. The summed E-state index contributed by atoms with van der Waals surface area (Å²) in [7, 11) is 0. The fraction of sp³-hybridized carbons (Fsp3) is 0.474. The molecule has 1 saturated carbocycles. The number of amides is 1. The summed E-state index contributed by atoms with van der Waals surface area (Å²) < 4.78 is 37.5. The largest absolute Gasteiger partial charge is 0.481 e. The Morgan fingerprint density at radius 2 is 1.92 bits per heavy atom. The van der Waals surface area contributed by atoms with Crippen molar-refractivity contribution >= 4 is 16.9 Å². The van der Waals surface area contributed by atoms with Gasteiger partial charge in [-0.15, -0.1) is 0 Å². The number of hydrogen-bond acceptors (Lipinski definition) is 4. The molecule has 1 saturated heterocycles. The van der Waals surface area contributed by atoms with E-state index >= 15 is 0 Å². The average Bonchev–Trinajstić information content (AvgIpc) is 2.96. The first kappa shape index (κ1) is 17.0. The summed E-state index contributed by atoms with van der Waals surface area (Å²) in [6, 6.07) is 5.05. The monoisotopic (exact) mass is 363 g/mol. The maximum Gasteiger partial charge on any atom is 0.339 e. The van der Waals surface area contributed by atoms with Gasteiger partial charge in [0.15, 0.2) is 6.10 Å². The minimum Gasteiger partial charge on any atom is -0.481 e. The van der Waals surface area contributed by atoms with Gasteiger partial charge in [-0.25, -0.2) is 13.6 Å². The van der Waals surface area contributed by atoms with Crippen LogP contribution in [0.15, 0.2) is 27.4 Å².